The summed E-state index contributed by atoms with van der Waals surface area (Å²) in [6.45, 7) is 0. The van der Waals surface area contributed by atoms with Crippen molar-refractivity contribution in [2.45, 2.75) is 4.21 Å². The van der Waals surface area contributed by atoms with Gasteiger partial charge in [-0.2, -0.15) is 0 Å². The Hall–Kier alpha value is -2.36. The first-order chi connectivity index (χ1) is 11.8. The van der Waals surface area contributed by atoms with Gasteiger partial charge in [-0.15, -0.1) is 11.3 Å². The number of nitrogens with zero attached hydrogens (tertiary/aromatic N) is 2. The molecule has 25 heavy (non-hydrogen) atoms. The number of primary amides is 1. The highest BCUT2D eigenvalue weighted by atomic mass is 35.5. The highest BCUT2D eigenvalue weighted by Gasteiger charge is 2.19. The minimum absolute atomic E-state index is 0.117. The molecular formula is C15H13ClN4O3S2. The molecule has 130 valence electrons. The molecule has 0 aliphatic rings. The van der Waals surface area contributed by atoms with Crippen LogP contribution in [0.3, 0.4) is 0 Å². The third-order valence-corrected chi connectivity index (χ3v) is 6.55. The number of benzene rings is 1. The van der Waals surface area contributed by atoms with E-state index in [9.17, 15) is 13.2 Å². The standard InChI is InChI=1S/C15H13ClN4O3S2/c1-20(15(17)21)10-4-2-3-9(7-10)19-25(22,23)14-8-11-12(24-14)5-6-13(16)18-11/h2-8,19H,1H3,(H2,17,21). The number of carbonyl (C=O) groups is 1. The number of anilines is 2. The molecule has 0 fully saturated rings. The number of halogens is 1. The van der Waals surface area contributed by atoms with Gasteiger partial charge in [-0.05, 0) is 36.4 Å². The summed E-state index contributed by atoms with van der Waals surface area (Å²) in [5.41, 5.74) is 6.52. The van der Waals surface area contributed by atoms with Crippen LogP contribution in [0.25, 0.3) is 10.2 Å². The van der Waals surface area contributed by atoms with E-state index in [4.69, 9.17) is 17.3 Å². The first kappa shape index (κ1) is 17.5. The number of pyridine rings is 1. The molecular weight excluding hydrogens is 384 g/mol. The molecule has 2 heterocycles. The third kappa shape index (κ3) is 3.68. The number of sulfonamides is 1. The lowest BCUT2D eigenvalue weighted by Crippen LogP contribution is -2.31. The molecule has 0 aliphatic heterocycles. The lowest BCUT2D eigenvalue weighted by molar-refractivity contribution is 0.255. The van der Waals surface area contributed by atoms with Crippen LogP contribution in [0.1, 0.15) is 0 Å². The summed E-state index contributed by atoms with van der Waals surface area (Å²) in [4.78, 5) is 16.5. The fourth-order valence-corrected chi connectivity index (χ4v) is 4.64. The van der Waals surface area contributed by atoms with Crippen molar-refractivity contribution in [2.75, 3.05) is 16.7 Å². The minimum atomic E-state index is -3.80. The Morgan fingerprint density at radius 3 is 2.76 bits per heavy atom. The van der Waals surface area contributed by atoms with Crippen LogP contribution < -0.4 is 15.4 Å². The van der Waals surface area contributed by atoms with Gasteiger partial charge in [0.25, 0.3) is 10.0 Å². The second-order valence-corrected chi connectivity index (χ2v) is 8.52. The number of hydrogen-bond acceptors (Lipinski definition) is 5. The Labute approximate surface area is 153 Å². The molecule has 0 saturated heterocycles. The molecule has 0 bridgehead atoms. The van der Waals surface area contributed by atoms with Gasteiger partial charge in [-0.1, -0.05) is 17.7 Å². The number of rotatable bonds is 4. The summed E-state index contributed by atoms with van der Waals surface area (Å²) in [7, 11) is -2.30. The van der Waals surface area contributed by atoms with Crippen LogP contribution in [-0.4, -0.2) is 26.5 Å². The summed E-state index contributed by atoms with van der Waals surface area (Å²) in [6, 6.07) is 10.5. The Balaban J connectivity index is 1.93. The number of aromatic nitrogens is 1. The maximum atomic E-state index is 12.6. The van der Waals surface area contributed by atoms with Crippen molar-refractivity contribution < 1.29 is 13.2 Å². The van der Waals surface area contributed by atoms with E-state index in [-0.39, 0.29) is 4.21 Å². The van der Waals surface area contributed by atoms with Crippen LogP contribution in [0.5, 0.6) is 0 Å². The summed E-state index contributed by atoms with van der Waals surface area (Å²) >= 11 is 6.92. The lowest BCUT2D eigenvalue weighted by Gasteiger charge is -2.15. The topological polar surface area (TPSA) is 105 Å². The van der Waals surface area contributed by atoms with Crippen LogP contribution in [-0.2, 0) is 10.0 Å². The largest absolute Gasteiger partial charge is 0.351 e. The zero-order valence-electron chi connectivity index (χ0n) is 12.9. The Bertz CT molecular complexity index is 1070. The van der Waals surface area contributed by atoms with Crippen molar-refractivity contribution >= 4 is 60.6 Å². The molecule has 0 saturated carbocycles. The zero-order chi connectivity index (χ0) is 18.2. The van der Waals surface area contributed by atoms with E-state index in [0.717, 1.165) is 11.3 Å². The van der Waals surface area contributed by atoms with Gasteiger partial charge in [0.05, 0.1) is 15.9 Å². The smallest absolute Gasteiger partial charge is 0.318 e. The maximum absolute atomic E-state index is 12.6. The predicted molar refractivity (Wildman–Crippen MR) is 99.9 cm³/mol. The number of hydrogen-bond donors (Lipinski definition) is 2. The first-order valence-electron chi connectivity index (χ1n) is 6.98. The number of amides is 2. The van der Waals surface area contributed by atoms with Crippen molar-refractivity contribution in [3.63, 3.8) is 0 Å². The summed E-state index contributed by atoms with van der Waals surface area (Å²) in [6.07, 6.45) is 0. The minimum Gasteiger partial charge on any atom is -0.351 e. The van der Waals surface area contributed by atoms with Gasteiger partial charge < -0.3 is 5.73 Å². The van der Waals surface area contributed by atoms with Gasteiger partial charge in [0, 0.05) is 12.7 Å². The molecule has 0 unspecified atom stereocenters. The third-order valence-electron chi connectivity index (χ3n) is 3.40. The molecule has 0 aliphatic carbocycles. The maximum Gasteiger partial charge on any atom is 0.318 e. The molecule has 0 spiro atoms. The molecule has 3 N–H and O–H groups in total. The SMILES string of the molecule is CN(C(N)=O)c1cccc(NS(=O)(=O)c2cc3nc(Cl)ccc3s2)c1. The van der Waals surface area contributed by atoms with Crippen LogP contribution in [0.4, 0.5) is 16.2 Å². The van der Waals surface area contributed by atoms with E-state index in [1.807, 2.05) is 0 Å². The van der Waals surface area contributed by atoms with Gasteiger partial charge in [-0.25, -0.2) is 18.2 Å². The molecule has 1 aromatic carbocycles. The van der Waals surface area contributed by atoms with Crippen molar-refractivity contribution in [1.29, 1.82) is 0 Å². The van der Waals surface area contributed by atoms with E-state index in [0.29, 0.717) is 26.7 Å². The molecule has 3 rings (SSSR count). The highest BCUT2D eigenvalue weighted by molar-refractivity contribution is 7.94. The van der Waals surface area contributed by atoms with Crippen LogP contribution >= 0.6 is 22.9 Å². The molecule has 7 nitrogen and oxygen atoms in total. The predicted octanol–water partition coefficient (Wildman–Crippen LogP) is 3.27. The number of thiophene rings is 1. The highest BCUT2D eigenvalue weighted by Crippen LogP contribution is 2.30. The average molecular weight is 397 g/mol. The fraction of sp³-hybridized carbons (Fsp3) is 0.0667. The molecule has 0 atom stereocenters. The molecule has 2 amide bonds. The van der Waals surface area contributed by atoms with E-state index < -0.39 is 16.1 Å². The molecule has 2 aromatic heterocycles. The fourth-order valence-electron chi connectivity index (χ4n) is 2.12. The second-order valence-electron chi connectivity index (χ2n) is 5.14. The summed E-state index contributed by atoms with van der Waals surface area (Å²) in [5, 5.41) is 0.296. The van der Waals surface area contributed by atoms with Crippen molar-refractivity contribution in [1.82, 2.24) is 4.98 Å². The van der Waals surface area contributed by atoms with Crippen LogP contribution in [0.15, 0.2) is 46.7 Å². The van der Waals surface area contributed by atoms with Crippen LogP contribution in [0.2, 0.25) is 5.15 Å². The van der Waals surface area contributed by atoms with Gasteiger partial charge in [0.2, 0.25) is 0 Å². The van der Waals surface area contributed by atoms with Crippen molar-refractivity contribution in [3.05, 3.63) is 47.6 Å². The lowest BCUT2D eigenvalue weighted by atomic mass is 10.3. The van der Waals surface area contributed by atoms with Crippen molar-refractivity contribution in [2.24, 2.45) is 5.73 Å². The van der Waals surface area contributed by atoms with Gasteiger partial charge in [-0.3, -0.25) is 9.62 Å². The monoisotopic (exact) mass is 396 g/mol. The number of nitrogens with one attached hydrogen (secondary N) is 1. The number of nitrogens with two attached hydrogens (primary N) is 1. The second kappa shape index (κ2) is 6.51. The van der Waals surface area contributed by atoms with Gasteiger partial charge in [0.15, 0.2) is 0 Å². The number of fused-ring (bicyclic) bond motifs is 1. The summed E-state index contributed by atoms with van der Waals surface area (Å²) in [5.74, 6) is 0. The normalized spacial score (nSPS) is 11.4. The Morgan fingerprint density at radius 2 is 2.04 bits per heavy atom. The van der Waals surface area contributed by atoms with E-state index >= 15 is 0 Å². The number of urea groups is 1. The van der Waals surface area contributed by atoms with E-state index in [1.165, 1.54) is 24.1 Å². The Kier molecular flexibility index (Phi) is 4.55. The van der Waals surface area contributed by atoms with Gasteiger partial charge >= 0.3 is 6.03 Å². The average Bonchev–Trinajstić information content (AvgIpc) is 2.98. The zero-order valence-corrected chi connectivity index (χ0v) is 15.3. The van der Waals surface area contributed by atoms with E-state index in [1.54, 1.807) is 30.3 Å². The molecule has 0 radical (unpaired) electrons. The van der Waals surface area contributed by atoms with Crippen LogP contribution in [0, 0.1) is 0 Å². The van der Waals surface area contributed by atoms with E-state index in [2.05, 4.69) is 9.71 Å². The van der Waals surface area contributed by atoms with Gasteiger partial charge in [0.1, 0.15) is 9.36 Å². The number of carbonyl (C=O) groups excluding carboxylic acids is 1. The molecule has 10 heteroatoms. The first-order valence-corrected chi connectivity index (χ1v) is 9.66. The van der Waals surface area contributed by atoms with Crippen molar-refractivity contribution in [3.8, 4) is 0 Å². The quantitative estimate of drug-likeness (QED) is 0.660. The summed E-state index contributed by atoms with van der Waals surface area (Å²) < 4.78 is 28.5. The Morgan fingerprint density at radius 1 is 1.28 bits per heavy atom. The molecule has 3 aromatic rings.